The van der Waals surface area contributed by atoms with Crippen LogP contribution in [0.25, 0.3) is 0 Å². The number of unbranched alkanes of at least 4 members (excludes halogenated alkanes) is 26. The number of carbonyl (C=O) groups excluding carboxylic acids is 1. The molecule has 5 nitrogen and oxygen atoms in total. The smallest absolute Gasteiger partial charge is 0.308 e. The van der Waals surface area contributed by atoms with Crippen molar-refractivity contribution in [3.05, 3.63) is 0 Å². The predicted molar refractivity (Wildman–Crippen MR) is 211 cm³/mol. The summed E-state index contributed by atoms with van der Waals surface area (Å²) >= 11 is 0. The van der Waals surface area contributed by atoms with Gasteiger partial charge in [0.05, 0.1) is 18.6 Å². The van der Waals surface area contributed by atoms with Crippen LogP contribution >= 0.6 is 0 Å². The molecule has 0 aromatic heterocycles. The van der Waals surface area contributed by atoms with Crippen molar-refractivity contribution in [1.29, 1.82) is 0 Å². The van der Waals surface area contributed by atoms with E-state index in [1.807, 2.05) is 0 Å². The number of nitrogens with zero attached hydrogens (tertiary/aromatic N) is 1. The van der Waals surface area contributed by atoms with Crippen molar-refractivity contribution in [3.63, 3.8) is 0 Å². The Hall–Kier alpha value is -0.650. The van der Waals surface area contributed by atoms with Gasteiger partial charge in [-0.15, -0.1) is 0 Å². The number of aliphatic hydroxyl groups excluding tert-OH is 1. The largest absolute Gasteiger partial charge is 0.465 e. The standard InChI is InChI=1S/C43H88N2O3/c1-4-7-10-13-15-16-17-18-19-20-21-22-23-24-26-31-36-45(40-42(46)39-44)37-32-27-28-33-38-48-43(47)41(34-29-12-9-6-3)35-30-25-14-11-8-5-2/h41-42,46H,4-40,44H2,1-3H3. The molecule has 0 rings (SSSR count). The highest BCUT2D eigenvalue weighted by Gasteiger charge is 2.19. The number of rotatable bonds is 40. The molecule has 5 heteroatoms. The van der Waals surface area contributed by atoms with Crippen LogP contribution in [0.15, 0.2) is 0 Å². The number of hydrogen-bond donors (Lipinski definition) is 2. The second-order valence-corrected chi connectivity index (χ2v) is 15.2. The molecule has 0 radical (unpaired) electrons. The van der Waals surface area contributed by atoms with Gasteiger partial charge in [0.15, 0.2) is 0 Å². The van der Waals surface area contributed by atoms with Crippen LogP contribution in [-0.2, 0) is 9.53 Å². The highest BCUT2D eigenvalue weighted by molar-refractivity contribution is 5.72. The van der Waals surface area contributed by atoms with Gasteiger partial charge < -0.3 is 20.5 Å². The Labute approximate surface area is 301 Å². The van der Waals surface area contributed by atoms with E-state index in [1.54, 1.807) is 0 Å². The molecular formula is C43H88N2O3. The lowest BCUT2D eigenvalue weighted by Crippen LogP contribution is -2.37. The first kappa shape index (κ1) is 47.4. The lowest BCUT2D eigenvalue weighted by atomic mass is 9.94. The van der Waals surface area contributed by atoms with Crippen molar-refractivity contribution in [2.45, 2.75) is 232 Å². The number of carbonyl (C=O) groups is 1. The normalized spacial score (nSPS) is 13.0. The predicted octanol–water partition coefficient (Wildman–Crippen LogP) is 12.3. The fourth-order valence-corrected chi connectivity index (χ4v) is 7.00. The molecule has 48 heavy (non-hydrogen) atoms. The van der Waals surface area contributed by atoms with Crippen molar-refractivity contribution in [3.8, 4) is 0 Å². The summed E-state index contributed by atoms with van der Waals surface area (Å²) in [5.74, 6) is 0.154. The van der Waals surface area contributed by atoms with Gasteiger partial charge in [-0.3, -0.25) is 4.79 Å². The van der Waals surface area contributed by atoms with Gasteiger partial charge >= 0.3 is 5.97 Å². The zero-order chi connectivity index (χ0) is 35.2. The summed E-state index contributed by atoms with van der Waals surface area (Å²) < 4.78 is 5.80. The topological polar surface area (TPSA) is 75.8 Å². The van der Waals surface area contributed by atoms with Gasteiger partial charge in [0.2, 0.25) is 0 Å². The number of hydrogen-bond acceptors (Lipinski definition) is 5. The van der Waals surface area contributed by atoms with Crippen molar-refractivity contribution < 1.29 is 14.6 Å². The monoisotopic (exact) mass is 681 g/mol. The SMILES string of the molecule is CCCCCCCCCCCCCCCCCCN(CCCCCCOC(=O)C(CCCCCC)CCCCCCCC)CC(O)CN. The van der Waals surface area contributed by atoms with Crippen molar-refractivity contribution in [2.75, 3.05) is 32.8 Å². The number of aliphatic hydroxyl groups is 1. The Bertz CT molecular complexity index is 631. The van der Waals surface area contributed by atoms with E-state index in [1.165, 1.54) is 154 Å². The third kappa shape index (κ3) is 33.8. The van der Waals surface area contributed by atoms with E-state index in [4.69, 9.17) is 10.5 Å². The molecule has 0 amide bonds. The average molecular weight is 681 g/mol. The van der Waals surface area contributed by atoms with E-state index in [0.29, 0.717) is 19.7 Å². The summed E-state index contributed by atoms with van der Waals surface area (Å²) in [4.78, 5) is 15.3. The van der Waals surface area contributed by atoms with Crippen LogP contribution in [-0.4, -0.2) is 54.9 Å². The molecule has 0 fully saturated rings. The van der Waals surface area contributed by atoms with Crippen molar-refractivity contribution >= 4 is 5.97 Å². The minimum Gasteiger partial charge on any atom is -0.465 e. The van der Waals surface area contributed by atoms with Crippen LogP contribution in [0.3, 0.4) is 0 Å². The van der Waals surface area contributed by atoms with Gasteiger partial charge in [0.1, 0.15) is 0 Å². The Morgan fingerprint density at radius 1 is 0.521 bits per heavy atom. The second-order valence-electron chi connectivity index (χ2n) is 15.2. The Morgan fingerprint density at radius 2 is 0.854 bits per heavy atom. The number of ether oxygens (including phenoxy) is 1. The van der Waals surface area contributed by atoms with Gasteiger partial charge in [0, 0.05) is 13.1 Å². The third-order valence-electron chi connectivity index (χ3n) is 10.3. The molecular weight excluding hydrogens is 592 g/mol. The molecule has 0 aromatic rings. The van der Waals surface area contributed by atoms with Gasteiger partial charge in [-0.05, 0) is 45.2 Å². The summed E-state index contributed by atoms with van der Waals surface area (Å²) in [7, 11) is 0. The van der Waals surface area contributed by atoms with Gasteiger partial charge in [-0.2, -0.15) is 0 Å². The molecule has 0 spiro atoms. The van der Waals surface area contributed by atoms with Gasteiger partial charge in [-0.1, -0.05) is 194 Å². The zero-order valence-electron chi connectivity index (χ0n) is 33.1. The fraction of sp³-hybridized carbons (Fsp3) is 0.977. The van der Waals surface area contributed by atoms with Crippen LogP contribution in [0, 0.1) is 5.92 Å². The molecule has 0 aliphatic carbocycles. The maximum absolute atomic E-state index is 12.9. The van der Waals surface area contributed by atoms with Crippen molar-refractivity contribution in [1.82, 2.24) is 4.90 Å². The molecule has 0 saturated carbocycles. The van der Waals surface area contributed by atoms with Crippen LogP contribution in [0.2, 0.25) is 0 Å². The van der Waals surface area contributed by atoms with Crippen LogP contribution < -0.4 is 5.73 Å². The highest BCUT2D eigenvalue weighted by atomic mass is 16.5. The average Bonchev–Trinajstić information content (AvgIpc) is 3.09. The maximum atomic E-state index is 12.9. The van der Waals surface area contributed by atoms with Gasteiger partial charge in [-0.25, -0.2) is 0 Å². The Kier molecular flexibility index (Phi) is 38.6. The first-order valence-corrected chi connectivity index (χ1v) is 21.9. The minimum absolute atomic E-state index is 0.0563. The second kappa shape index (κ2) is 39.1. The maximum Gasteiger partial charge on any atom is 0.308 e. The summed E-state index contributed by atoms with van der Waals surface area (Å²) in [6, 6.07) is 0. The quantitative estimate of drug-likeness (QED) is 0.0497. The van der Waals surface area contributed by atoms with E-state index in [0.717, 1.165) is 64.5 Å². The molecule has 3 N–H and O–H groups in total. The first-order valence-electron chi connectivity index (χ1n) is 21.9. The molecule has 0 bridgehead atoms. The fourth-order valence-electron chi connectivity index (χ4n) is 7.00. The summed E-state index contributed by atoms with van der Waals surface area (Å²) in [6.07, 6.45) is 40.7. The molecule has 2 unspecified atom stereocenters. The molecule has 0 saturated heterocycles. The summed E-state index contributed by atoms with van der Waals surface area (Å²) in [5.41, 5.74) is 5.74. The molecule has 0 aromatic carbocycles. The number of nitrogens with two attached hydrogens (primary N) is 1. The zero-order valence-corrected chi connectivity index (χ0v) is 33.1. The summed E-state index contributed by atoms with van der Waals surface area (Å²) in [5, 5.41) is 10.2. The molecule has 288 valence electrons. The molecule has 2 atom stereocenters. The molecule has 0 heterocycles. The number of esters is 1. The highest BCUT2D eigenvalue weighted by Crippen LogP contribution is 2.21. The third-order valence-corrected chi connectivity index (χ3v) is 10.3. The van der Waals surface area contributed by atoms with Gasteiger partial charge in [0.25, 0.3) is 0 Å². The van der Waals surface area contributed by atoms with Crippen LogP contribution in [0.4, 0.5) is 0 Å². The van der Waals surface area contributed by atoms with E-state index in [2.05, 4.69) is 25.7 Å². The first-order chi connectivity index (χ1) is 23.6. The molecule has 0 aliphatic heterocycles. The van der Waals surface area contributed by atoms with E-state index in [9.17, 15) is 9.90 Å². The minimum atomic E-state index is -0.434. The molecule has 0 aliphatic rings. The lowest BCUT2D eigenvalue weighted by Gasteiger charge is -2.24. The van der Waals surface area contributed by atoms with Crippen molar-refractivity contribution in [2.24, 2.45) is 11.7 Å². The Balaban J connectivity index is 4.02. The summed E-state index contributed by atoms with van der Waals surface area (Å²) in [6.45, 7) is 10.5. The van der Waals surface area contributed by atoms with Crippen LogP contribution in [0.1, 0.15) is 226 Å². The van der Waals surface area contributed by atoms with E-state index >= 15 is 0 Å². The van der Waals surface area contributed by atoms with E-state index < -0.39 is 6.10 Å². The van der Waals surface area contributed by atoms with Crippen LogP contribution in [0.5, 0.6) is 0 Å². The Morgan fingerprint density at radius 3 is 1.25 bits per heavy atom. The van der Waals surface area contributed by atoms with E-state index in [-0.39, 0.29) is 11.9 Å². The lowest BCUT2D eigenvalue weighted by molar-refractivity contribution is -0.149.